The Morgan fingerprint density at radius 1 is 1.32 bits per heavy atom. The Hall–Kier alpha value is -1.86. The number of hydrogen-bond acceptors (Lipinski definition) is 4. The van der Waals surface area contributed by atoms with Gasteiger partial charge in [0.05, 0.1) is 6.20 Å². The second-order valence-corrected chi connectivity index (χ2v) is 7.80. The van der Waals surface area contributed by atoms with E-state index in [9.17, 15) is 13.6 Å². The Labute approximate surface area is 148 Å². The lowest BCUT2D eigenvalue weighted by atomic mass is 9.79. The number of piperidine rings is 3. The van der Waals surface area contributed by atoms with Gasteiger partial charge in [0.25, 0.3) is 5.91 Å². The van der Waals surface area contributed by atoms with Gasteiger partial charge in [-0.05, 0) is 57.0 Å². The van der Waals surface area contributed by atoms with Crippen LogP contribution in [-0.4, -0.2) is 41.0 Å². The number of benzene rings is 1. The van der Waals surface area contributed by atoms with Crippen LogP contribution in [0.4, 0.5) is 8.78 Å². The molecule has 3 fully saturated rings. The Kier molecular flexibility index (Phi) is 4.29. The van der Waals surface area contributed by atoms with Gasteiger partial charge in [-0.3, -0.25) is 9.69 Å². The number of carbonyl (C=O) groups excluding carboxylic acids is 1. The van der Waals surface area contributed by atoms with Crippen LogP contribution in [-0.2, 0) is 0 Å². The normalized spacial score (nSPS) is 28.1. The van der Waals surface area contributed by atoms with Crippen LogP contribution in [0, 0.1) is 17.6 Å². The average molecular weight is 363 g/mol. The zero-order valence-corrected chi connectivity index (χ0v) is 14.7. The molecule has 5 rings (SSSR count). The van der Waals surface area contributed by atoms with E-state index in [0.29, 0.717) is 21.8 Å². The topological polar surface area (TPSA) is 45.2 Å². The van der Waals surface area contributed by atoms with Crippen LogP contribution in [0.2, 0.25) is 0 Å². The van der Waals surface area contributed by atoms with E-state index in [1.165, 1.54) is 6.20 Å². The fourth-order valence-electron chi connectivity index (χ4n) is 3.93. The van der Waals surface area contributed by atoms with Gasteiger partial charge in [-0.2, -0.15) is 0 Å². The maximum atomic E-state index is 13.9. The molecule has 0 aliphatic carbocycles. The van der Waals surface area contributed by atoms with E-state index in [1.54, 1.807) is 0 Å². The molecule has 2 atom stereocenters. The van der Waals surface area contributed by atoms with Gasteiger partial charge in [0, 0.05) is 17.6 Å². The molecular weight excluding hydrogens is 344 g/mol. The highest BCUT2D eigenvalue weighted by molar-refractivity contribution is 7.16. The standard InChI is InChI=1S/C18H19F2N3OS/c1-10-16(11-4-6-23(10)7-5-11)22-17(24)15-9-21-18(25-15)13-8-12(19)2-3-14(13)20/h2-3,8-11,16H,4-7H2,1H3,(H,22,24)/t10-,16-/m0/s1. The number of amides is 1. The zero-order valence-electron chi connectivity index (χ0n) is 13.8. The third kappa shape index (κ3) is 3.06. The fraction of sp³-hybridized carbons (Fsp3) is 0.444. The maximum absolute atomic E-state index is 13.9. The number of aromatic nitrogens is 1. The quantitative estimate of drug-likeness (QED) is 0.910. The minimum Gasteiger partial charge on any atom is -0.347 e. The summed E-state index contributed by atoms with van der Waals surface area (Å²) in [5.74, 6) is -0.754. The van der Waals surface area contributed by atoms with Crippen molar-refractivity contribution < 1.29 is 13.6 Å². The molecule has 0 spiro atoms. The highest BCUT2D eigenvalue weighted by Crippen LogP contribution is 2.33. The molecule has 4 nitrogen and oxygen atoms in total. The van der Waals surface area contributed by atoms with E-state index < -0.39 is 11.6 Å². The summed E-state index contributed by atoms with van der Waals surface area (Å²) < 4.78 is 27.2. The Morgan fingerprint density at radius 3 is 2.80 bits per heavy atom. The molecule has 132 valence electrons. The third-order valence-corrected chi connectivity index (χ3v) is 6.39. The van der Waals surface area contributed by atoms with E-state index in [2.05, 4.69) is 22.1 Å². The molecule has 0 saturated carbocycles. The molecule has 0 radical (unpaired) electrons. The molecule has 7 heteroatoms. The van der Waals surface area contributed by atoms with Crippen molar-refractivity contribution in [2.24, 2.45) is 5.92 Å². The fourth-order valence-corrected chi connectivity index (χ4v) is 4.77. The van der Waals surface area contributed by atoms with Gasteiger partial charge < -0.3 is 5.32 Å². The lowest BCUT2D eigenvalue weighted by molar-refractivity contribution is 0.0218. The number of halogens is 2. The number of carbonyl (C=O) groups is 1. The van der Waals surface area contributed by atoms with E-state index in [4.69, 9.17) is 0 Å². The summed E-state index contributed by atoms with van der Waals surface area (Å²) in [6, 6.07) is 3.69. The minimum absolute atomic E-state index is 0.0836. The van der Waals surface area contributed by atoms with Gasteiger partial charge in [-0.15, -0.1) is 11.3 Å². The summed E-state index contributed by atoms with van der Waals surface area (Å²) in [6.07, 6.45) is 3.65. The van der Waals surface area contributed by atoms with Crippen LogP contribution >= 0.6 is 11.3 Å². The number of hydrogen-bond donors (Lipinski definition) is 1. The Bertz CT molecular complexity index is 799. The van der Waals surface area contributed by atoms with Crippen molar-refractivity contribution >= 4 is 17.2 Å². The molecule has 1 aromatic heterocycles. The van der Waals surface area contributed by atoms with Crippen molar-refractivity contribution in [3.63, 3.8) is 0 Å². The van der Waals surface area contributed by atoms with Gasteiger partial charge >= 0.3 is 0 Å². The highest BCUT2D eigenvalue weighted by Gasteiger charge is 2.40. The third-order valence-electron chi connectivity index (χ3n) is 5.36. The predicted molar refractivity (Wildman–Crippen MR) is 92.5 cm³/mol. The van der Waals surface area contributed by atoms with Gasteiger partial charge in [0.15, 0.2) is 0 Å². The molecular formula is C18H19F2N3OS. The smallest absolute Gasteiger partial charge is 0.263 e. The van der Waals surface area contributed by atoms with E-state index in [1.807, 2.05) is 0 Å². The van der Waals surface area contributed by atoms with Crippen molar-refractivity contribution in [3.05, 3.63) is 40.9 Å². The first-order chi connectivity index (χ1) is 12.0. The second kappa shape index (κ2) is 6.46. The van der Waals surface area contributed by atoms with Crippen molar-refractivity contribution in [3.8, 4) is 10.6 Å². The maximum Gasteiger partial charge on any atom is 0.263 e. The first-order valence-electron chi connectivity index (χ1n) is 8.49. The van der Waals surface area contributed by atoms with E-state index >= 15 is 0 Å². The molecule has 25 heavy (non-hydrogen) atoms. The van der Waals surface area contributed by atoms with Crippen molar-refractivity contribution in [2.75, 3.05) is 13.1 Å². The van der Waals surface area contributed by atoms with Crippen LogP contribution < -0.4 is 5.32 Å². The minimum atomic E-state index is -0.547. The first kappa shape index (κ1) is 16.6. The van der Waals surface area contributed by atoms with Crippen molar-refractivity contribution in [2.45, 2.75) is 31.8 Å². The van der Waals surface area contributed by atoms with Crippen molar-refractivity contribution in [1.29, 1.82) is 0 Å². The van der Waals surface area contributed by atoms with Crippen LogP contribution in [0.15, 0.2) is 24.4 Å². The molecule has 3 aliphatic rings. The van der Waals surface area contributed by atoms with Gasteiger partial charge in [-0.25, -0.2) is 13.8 Å². The summed E-state index contributed by atoms with van der Waals surface area (Å²) in [4.78, 5) is 19.5. The number of fused-ring (bicyclic) bond motifs is 3. The molecule has 2 bridgehead atoms. The summed E-state index contributed by atoms with van der Waals surface area (Å²) in [5.41, 5.74) is 0.0836. The van der Waals surface area contributed by atoms with Gasteiger partial charge in [0.1, 0.15) is 21.5 Å². The van der Waals surface area contributed by atoms with Crippen LogP contribution in [0.1, 0.15) is 29.4 Å². The van der Waals surface area contributed by atoms with Crippen molar-refractivity contribution in [1.82, 2.24) is 15.2 Å². The SMILES string of the molecule is C[C@H]1[C@H](NC(=O)c2cnc(-c3cc(F)ccc3F)s2)C2CCN1CC2. The van der Waals surface area contributed by atoms with Gasteiger partial charge in [0.2, 0.25) is 0 Å². The molecule has 3 aliphatic heterocycles. The number of nitrogens with zero attached hydrogens (tertiary/aromatic N) is 2. The van der Waals surface area contributed by atoms with E-state index in [-0.39, 0.29) is 17.5 Å². The van der Waals surface area contributed by atoms with Crippen LogP contribution in [0.25, 0.3) is 10.6 Å². The largest absolute Gasteiger partial charge is 0.347 e. The number of rotatable bonds is 3. The molecule has 1 amide bonds. The number of thiazole rings is 1. The first-order valence-corrected chi connectivity index (χ1v) is 9.31. The summed E-state index contributed by atoms with van der Waals surface area (Å²) in [7, 11) is 0. The van der Waals surface area contributed by atoms with Crippen LogP contribution in [0.3, 0.4) is 0 Å². The summed E-state index contributed by atoms with van der Waals surface area (Å²) >= 11 is 1.08. The Morgan fingerprint density at radius 2 is 2.08 bits per heavy atom. The molecule has 3 saturated heterocycles. The molecule has 0 unspecified atom stereocenters. The zero-order chi connectivity index (χ0) is 17.6. The molecule has 4 heterocycles. The summed E-state index contributed by atoms with van der Waals surface area (Å²) in [5, 5.41) is 3.44. The Balaban J connectivity index is 1.52. The predicted octanol–water partition coefficient (Wildman–Crippen LogP) is 3.30. The lowest BCUT2D eigenvalue weighted by Gasteiger charge is -2.49. The molecule has 1 N–H and O–H groups in total. The molecule has 1 aromatic carbocycles. The summed E-state index contributed by atoms with van der Waals surface area (Å²) in [6.45, 7) is 4.35. The molecule has 2 aromatic rings. The monoisotopic (exact) mass is 363 g/mol. The second-order valence-electron chi connectivity index (χ2n) is 6.77. The van der Waals surface area contributed by atoms with Gasteiger partial charge in [-0.1, -0.05) is 0 Å². The van der Waals surface area contributed by atoms with E-state index in [0.717, 1.165) is 55.5 Å². The number of nitrogens with one attached hydrogen (secondary N) is 1. The van der Waals surface area contributed by atoms with Crippen LogP contribution in [0.5, 0.6) is 0 Å². The average Bonchev–Trinajstić information content (AvgIpc) is 3.10. The highest BCUT2D eigenvalue weighted by atomic mass is 32.1. The lowest BCUT2D eigenvalue weighted by Crippen LogP contribution is -2.62.